The van der Waals surface area contributed by atoms with E-state index in [1.165, 1.54) is 4.90 Å². The highest BCUT2D eigenvalue weighted by Gasteiger charge is 2.50. The molecule has 4 nitrogen and oxygen atoms in total. The molecular weight excluding hydrogens is 296 g/mol. The molecule has 0 spiro atoms. The van der Waals surface area contributed by atoms with Gasteiger partial charge in [-0.05, 0) is 40.9 Å². The minimum Gasteiger partial charge on any atom is -0.274 e. The minimum atomic E-state index is -0.624. The average Bonchev–Trinajstić information content (AvgIpc) is 2.51. The fourth-order valence-electron chi connectivity index (χ4n) is 2.04. The predicted molar refractivity (Wildman–Crippen MR) is 72.0 cm³/mol. The molecule has 0 saturated carbocycles. The van der Waals surface area contributed by atoms with Gasteiger partial charge in [0.2, 0.25) is 11.8 Å². The molecule has 18 heavy (non-hydrogen) atoms. The van der Waals surface area contributed by atoms with Crippen LogP contribution in [0.2, 0.25) is 0 Å². The number of halogens is 1. The molecule has 0 aliphatic carbocycles. The molecule has 96 valence electrons. The van der Waals surface area contributed by atoms with Gasteiger partial charge in [0.05, 0.1) is 5.41 Å². The Labute approximate surface area is 115 Å². The van der Waals surface area contributed by atoms with Crippen LogP contribution in [0, 0.1) is 11.3 Å². The Bertz CT molecular complexity index is 515. The van der Waals surface area contributed by atoms with Crippen LogP contribution in [0.3, 0.4) is 0 Å². The zero-order valence-corrected chi connectivity index (χ0v) is 12.2. The number of hydrogen-bond acceptors (Lipinski definition) is 3. The standard InChI is InChI=1S/C13H15BrN2O2/c1-8(2)13(3)7-11(17)16(12(13)18)10-6-4-5-9(14)15-10/h4-6,8H,7H2,1-3H3. The second-order valence-corrected chi connectivity index (χ2v) is 5.91. The van der Waals surface area contributed by atoms with Crippen molar-refractivity contribution in [3.63, 3.8) is 0 Å². The second kappa shape index (κ2) is 4.46. The third-order valence-electron chi connectivity index (χ3n) is 3.66. The third-order valence-corrected chi connectivity index (χ3v) is 4.10. The molecule has 1 aliphatic heterocycles. The number of amides is 2. The number of carbonyl (C=O) groups is 2. The topological polar surface area (TPSA) is 50.3 Å². The lowest BCUT2D eigenvalue weighted by molar-refractivity contribution is -0.126. The van der Waals surface area contributed by atoms with Crippen LogP contribution in [0.25, 0.3) is 0 Å². The van der Waals surface area contributed by atoms with Crippen LogP contribution in [-0.2, 0) is 9.59 Å². The Kier molecular flexibility index (Phi) is 3.27. The maximum atomic E-state index is 12.4. The molecule has 0 aromatic carbocycles. The summed E-state index contributed by atoms with van der Waals surface area (Å²) in [5, 5.41) is 0. The summed E-state index contributed by atoms with van der Waals surface area (Å²) in [5.74, 6) is 0.171. The molecule has 0 bridgehead atoms. The summed E-state index contributed by atoms with van der Waals surface area (Å²) in [6.07, 6.45) is 0.248. The van der Waals surface area contributed by atoms with Crippen molar-refractivity contribution in [1.29, 1.82) is 0 Å². The monoisotopic (exact) mass is 310 g/mol. The van der Waals surface area contributed by atoms with Gasteiger partial charge >= 0.3 is 0 Å². The van der Waals surface area contributed by atoms with Crippen LogP contribution in [-0.4, -0.2) is 16.8 Å². The van der Waals surface area contributed by atoms with Crippen molar-refractivity contribution in [2.45, 2.75) is 27.2 Å². The van der Waals surface area contributed by atoms with Crippen molar-refractivity contribution in [2.75, 3.05) is 4.90 Å². The SMILES string of the molecule is CC(C)C1(C)CC(=O)N(c2cccc(Br)n2)C1=O. The molecule has 2 heterocycles. The van der Waals surface area contributed by atoms with Crippen molar-refractivity contribution in [2.24, 2.45) is 11.3 Å². The fraction of sp³-hybridized carbons (Fsp3) is 0.462. The van der Waals surface area contributed by atoms with Gasteiger partial charge in [0, 0.05) is 6.42 Å². The highest BCUT2D eigenvalue weighted by molar-refractivity contribution is 9.10. The zero-order valence-electron chi connectivity index (χ0n) is 10.6. The van der Waals surface area contributed by atoms with Gasteiger partial charge in [0.1, 0.15) is 10.4 Å². The molecule has 1 aromatic rings. The number of hydrogen-bond donors (Lipinski definition) is 0. The van der Waals surface area contributed by atoms with Crippen LogP contribution < -0.4 is 4.90 Å². The van der Waals surface area contributed by atoms with Gasteiger partial charge in [-0.2, -0.15) is 0 Å². The molecular formula is C13H15BrN2O2. The maximum absolute atomic E-state index is 12.4. The first-order valence-corrected chi connectivity index (χ1v) is 6.65. The molecule has 1 unspecified atom stereocenters. The summed E-state index contributed by atoms with van der Waals surface area (Å²) in [4.78, 5) is 29.9. The van der Waals surface area contributed by atoms with Crippen LogP contribution in [0.5, 0.6) is 0 Å². The van der Waals surface area contributed by atoms with Gasteiger partial charge in [-0.25, -0.2) is 9.88 Å². The lowest BCUT2D eigenvalue weighted by Crippen LogP contribution is -2.37. The second-order valence-electron chi connectivity index (χ2n) is 5.10. The van der Waals surface area contributed by atoms with Crippen LogP contribution in [0.1, 0.15) is 27.2 Å². The van der Waals surface area contributed by atoms with E-state index in [1.54, 1.807) is 18.2 Å². The van der Waals surface area contributed by atoms with Gasteiger partial charge in [-0.3, -0.25) is 9.59 Å². The molecule has 0 radical (unpaired) electrons. The number of rotatable bonds is 2. The van der Waals surface area contributed by atoms with Gasteiger partial charge in [-0.15, -0.1) is 0 Å². The maximum Gasteiger partial charge on any atom is 0.241 e. The van der Waals surface area contributed by atoms with Crippen molar-refractivity contribution >= 4 is 33.6 Å². The van der Waals surface area contributed by atoms with Gasteiger partial charge in [-0.1, -0.05) is 19.9 Å². The summed E-state index contributed by atoms with van der Waals surface area (Å²) >= 11 is 3.25. The van der Waals surface area contributed by atoms with E-state index in [2.05, 4.69) is 20.9 Å². The van der Waals surface area contributed by atoms with E-state index in [-0.39, 0.29) is 24.2 Å². The van der Waals surface area contributed by atoms with E-state index >= 15 is 0 Å². The Balaban J connectivity index is 2.42. The largest absolute Gasteiger partial charge is 0.274 e. The predicted octanol–water partition coefficient (Wildman–Crippen LogP) is 2.77. The first-order chi connectivity index (χ1) is 8.36. The molecule has 1 fully saturated rings. The molecule has 0 N–H and O–H groups in total. The van der Waals surface area contributed by atoms with Crippen LogP contribution in [0.4, 0.5) is 5.82 Å². The third kappa shape index (κ3) is 1.96. The van der Waals surface area contributed by atoms with Gasteiger partial charge < -0.3 is 0 Å². The van der Waals surface area contributed by atoms with E-state index < -0.39 is 5.41 Å². The molecule has 1 atom stereocenters. The van der Waals surface area contributed by atoms with E-state index in [0.29, 0.717) is 10.4 Å². The molecule has 1 aliphatic rings. The van der Waals surface area contributed by atoms with E-state index in [9.17, 15) is 9.59 Å². The lowest BCUT2D eigenvalue weighted by Gasteiger charge is -2.25. The molecule has 2 rings (SSSR count). The highest BCUT2D eigenvalue weighted by Crippen LogP contribution is 2.40. The Morgan fingerprint density at radius 2 is 2.06 bits per heavy atom. The Hall–Kier alpha value is -1.23. The van der Waals surface area contributed by atoms with Crippen LogP contribution >= 0.6 is 15.9 Å². The number of nitrogens with zero attached hydrogens (tertiary/aromatic N) is 2. The van der Waals surface area contributed by atoms with Gasteiger partial charge in [0.25, 0.3) is 0 Å². The first kappa shape index (κ1) is 13.2. The number of imide groups is 1. The normalized spacial score (nSPS) is 24.2. The summed E-state index contributed by atoms with van der Waals surface area (Å²) < 4.78 is 0.610. The number of anilines is 1. The summed E-state index contributed by atoms with van der Waals surface area (Å²) in [7, 11) is 0. The molecule has 1 saturated heterocycles. The average molecular weight is 311 g/mol. The number of aromatic nitrogens is 1. The van der Waals surface area contributed by atoms with Crippen molar-refractivity contribution in [1.82, 2.24) is 4.98 Å². The van der Waals surface area contributed by atoms with Crippen molar-refractivity contribution < 1.29 is 9.59 Å². The Morgan fingerprint density at radius 1 is 1.39 bits per heavy atom. The van der Waals surface area contributed by atoms with Crippen molar-refractivity contribution in [3.8, 4) is 0 Å². The smallest absolute Gasteiger partial charge is 0.241 e. The van der Waals surface area contributed by atoms with Gasteiger partial charge in [0.15, 0.2) is 0 Å². The van der Waals surface area contributed by atoms with E-state index in [0.717, 1.165) is 0 Å². The summed E-state index contributed by atoms with van der Waals surface area (Å²) in [6, 6.07) is 5.20. The number of pyridine rings is 1. The minimum absolute atomic E-state index is 0.117. The summed E-state index contributed by atoms with van der Waals surface area (Å²) in [5.41, 5.74) is -0.624. The highest BCUT2D eigenvalue weighted by atomic mass is 79.9. The lowest BCUT2D eigenvalue weighted by atomic mass is 9.78. The Morgan fingerprint density at radius 3 is 2.56 bits per heavy atom. The summed E-state index contributed by atoms with van der Waals surface area (Å²) in [6.45, 7) is 5.77. The molecule has 2 amide bonds. The van der Waals surface area contributed by atoms with E-state index in [1.807, 2.05) is 20.8 Å². The quantitative estimate of drug-likeness (QED) is 0.623. The molecule has 5 heteroatoms. The van der Waals surface area contributed by atoms with Crippen molar-refractivity contribution in [3.05, 3.63) is 22.8 Å². The first-order valence-electron chi connectivity index (χ1n) is 5.86. The zero-order chi connectivity index (χ0) is 13.5. The van der Waals surface area contributed by atoms with Crippen LogP contribution in [0.15, 0.2) is 22.8 Å². The molecule has 1 aromatic heterocycles. The van der Waals surface area contributed by atoms with E-state index in [4.69, 9.17) is 0 Å². The number of carbonyl (C=O) groups excluding carboxylic acids is 2. The fourth-order valence-corrected chi connectivity index (χ4v) is 2.38.